The van der Waals surface area contributed by atoms with Crippen LogP contribution in [0.5, 0.6) is 0 Å². The first kappa shape index (κ1) is 10.7. The van der Waals surface area contributed by atoms with Crippen molar-refractivity contribution in [2.45, 2.75) is 46.6 Å². The molecule has 76 valence electrons. The van der Waals surface area contributed by atoms with Crippen molar-refractivity contribution in [3.8, 4) is 0 Å². The van der Waals surface area contributed by atoms with E-state index in [4.69, 9.17) is 0 Å². The topological polar surface area (TPSA) is 37.3 Å². The summed E-state index contributed by atoms with van der Waals surface area (Å²) in [4.78, 5) is 11.3. The first-order valence-electron chi connectivity index (χ1n) is 5.02. The second-order valence-corrected chi connectivity index (χ2v) is 5.25. The van der Waals surface area contributed by atoms with Gasteiger partial charge in [-0.25, -0.2) is 0 Å². The zero-order valence-corrected chi connectivity index (χ0v) is 9.00. The van der Waals surface area contributed by atoms with Crippen molar-refractivity contribution in [3.63, 3.8) is 0 Å². The van der Waals surface area contributed by atoms with Crippen LogP contribution in [0, 0.1) is 17.3 Å². The van der Waals surface area contributed by atoms with Gasteiger partial charge in [-0.15, -0.1) is 0 Å². The third-order valence-electron chi connectivity index (χ3n) is 3.13. The summed E-state index contributed by atoms with van der Waals surface area (Å²) in [6.07, 6.45) is 1.35. The maximum absolute atomic E-state index is 11.3. The molecule has 0 heterocycles. The van der Waals surface area contributed by atoms with Gasteiger partial charge < -0.3 is 5.11 Å². The van der Waals surface area contributed by atoms with Gasteiger partial charge in [-0.3, -0.25) is 4.79 Å². The molecule has 1 saturated carbocycles. The molecule has 0 bridgehead atoms. The number of Topliss-reactive ketones (excluding diaryl/α,β-unsaturated/α-hetero) is 1. The van der Waals surface area contributed by atoms with Crippen LogP contribution in [-0.4, -0.2) is 17.0 Å². The molecule has 0 radical (unpaired) electrons. The highest BCUT2D eigenvalue weighted by molar-refractivity contribution is 5.79. The number of aliphatic hydroxyl groups excluding tert-OH is 1. The Kier molecular flexibility index (Phi) is 2.81. The van der Waals surface area contributed by atoms with Crippen LogP contribution in [0.4, 0.5) is 0 Å². The third kappa shape index (κ3) is 2.31. The molecule has 0 unspecified atom stereocenters. The van der Waals surface area contributed by atoms with E-state index in [1.807, 2.05) is 0 Å². The number of hydrogen-bond donors (Lipinski definition) is 1. The van der Waals surface area contributed by atoms with E-state index >= 15 is 0 Å². The van der Waals surface area contributed by atoms with E-state index in [1.165, 1.54) is 0 Å². The number of rotatable bonds is 1. The summed E-state index contributed by atoms with van der Waals surface area (Å²) in [6.45, 7) is 7.96. The molecule has 1 aliphatic carbocycles. The van der Waals surface area contributed by atoms with E-state index in [2.05, 4.69) is 20.8 Å². The molecule has 0 saturated heterocycles. The van der Waals surface area contributed by atoms with Gasteiger partial charge in [0.25, 0.3) is 0 Å². The third-order valence-corrected chi connectivity index (χ3v) is 3.13. The Bertz CT molecular complexity index is 194. The summed E-state index contributed by atoms with van der Waals surface area (Å²) in [6, 6.07) is 0. The molecule has 1 aliphatic rings. The highest BCUT2D eigenvalue weighted by atomic mass is 16.3. The lowest BCUT2D eigenvalue weighted by Crippen LogP contribution is -2.42. The van der Waals surface area contributed by atoms with Crippen LogP contribution in [0.15, 0.2) is 0 Å². The largest absolute Gasteiger partial charge is 0.392 e. The normalized spacial score (nSPS) is 38.7. The Morgan fingerprint density at radius 2 is 1.92 bits per heavy atom. The van der Waals surface area contributed by atoms with E-state index in [1.54, 1.807) is 6.92 Å². The lowest BCUT2D eigenvalue weighted by molar-refractivity contribution is -0.131. The summed E-state index contributed by atoms with van der Waals surface area (Å²) >= 11 is 0. The molecular weight excluding hydrogens is 164 g/mol. The number of aliphatic hydroxyl groups is 1. The Morgan fingerprint density at radius 1 is 1.38 bits per heavy atom. The monoisotopic (exact) mass is 184 g/mol. The smallest absolute Gasteiger partial charge is 0.135 e. The summed E-state index contributed by atoms with van der Waals surface area (Å²) in [5, 5.41) is 9.82. The molecule has 0 aromatic rings. The average molecular weight is 184 g/mol. The molecule has 1 rings (SSSR count). The number of ketones is 1. The molecule has 0 amide bonds. The molecule has 2 heteroatoms. The Morgan fingerprint density at radius 3 is 2.31 bits per heavy atom. The molecule has 0 aromatic carbocycles. The van der Waals surface area contributed by atoms with Gasteiger partial charge in [0.1, 0.15) is 5.78 Å². The number of hydrogen-bond acceptors (Lipinski definition) is 2. The first-order chi connectivity index (χ1) is 5.83. The maximum atomic E-state index is 11.3. The Balaban J connectivity index is 2.76. The summed E-state index contributed by atoms with van der Waals surface area (Å²) in [5.74, 6) is 0.319. The molecule has 0 spiro atoms. The zero-order chi connectivity index (χ0) is 10.2. The SMILES string of the molecule is CC(=O)[C@@H]1[C@H](C)CC(C)(C)C[C@@H]1O. The van der Waals surface area contributed by atoms with Crippen LogP contribution in [-0.2, 0) is 4.79 Å². The molecule has 3 atom stereocenters. The van der Waals surface area contributed by atoms with Crippen LogP contribution in [0.1, 0.15) is 40.5 Å². The van der Waals surface area contributed by atoms with Gasteiger partial charge in [0, 0.05) is 5.92 Å². The highest BCUT2D eigenvalue weighted by Gasteiger charge is 2.40. The van der Waals surface area contributed by atoms with Crippen LogP contribution in [0.2, 0.25) is 0 Å². The van der Waals surface area contributed by atoms with Gasteiger partial charge in [0.2, 0.25) is 0 Å². The minimum Gasteiger partial charge on any atom is -0.392 e. The van der Waals surface area contributed by atoms with Crippen molar-refractivity contribution in [2.75, 3.05) is 0 Å². The predicted octanol–water partition coefficient (Wildman–Crippen LogP) is 2.01. The van der Waals surface area contributed by atoms with E-state index in [0.717, 1.165) is 12.8 Å². The second-order valence-electron chi connectivity index (χ2n) is 5.25. The van der Waals surface area contributed by atoms with Crippen molar-refractivity contribution in [3.05, 3.63) is 0 Å². The van der Waals surface area contributed by atoms with Gasteiger partial charge in [-0.2, -0.15) is 0 Å². The molecule has 0 aliphatic heterocycles. The number of carbonyl (C=O) groups is 1. The maximum Gasteiger partial charge on any atom is 0.135 e. The molecule has 1 fully saturated rings. The van der Waals surface area contributed by atoms with Gasteiger partial charge in [-0.1, -0.05) is 20.8 Å². The van der Waals surface area contributed by atoms with E-state index in [0.29, 0.717) is 5.92 Å². The predicted molar refractivity (Wildman–Crippen MR) is 52.4 cm³/mol. The zero-order valence-electron chi connectivity index (χ0n) is 9.00. The molecular formula is C11H20O2. The average Bonchev–Trinajstić information content (AvgIpc) is 1.78. The highest BCUT2D eigenvalue weighted by Crippen LogP contribution is 2.41. The van der Waals surface area contributed by atoms with Gasteiger partial charge in [0.05, 0.1) is 6.10 Å². The summed E-state index contributed by atoms with van der Waals surface area (Å²) in [5.41, 5.74) is 0.185. The van der Waals surface area contributed by atoms with Crippen LogP contribution >= 0.6 is 0 Å². The Labute approximate surface area is 80.3 Å². The molecule has 0 aromatic heterocycles. The molecule has 13 heavy (non-hydrogen) atoms. The Hall–Kier alpha value is -0.370. The van der Waals surface area contributed by atoms with Gasteiger partial charge in [-0.05, 0) is 31.1 Å². The van der Waals surface area contributed by atoms with Crippen molar-refractivity contribution in [1.29, 1.82) is 0 Å². The lowest BCUT2D eigenvalue weighted by Gasteiger charge is -2.41. The van der Waals surface area contributed by atoms with E-state index in [9.17, 15) is 9.90 Å². The van der Waals surface area contributed by atoms with Crippen molar-refractivity contribution >= 4 is 5.78 Å². The van der Waals surface area contributed by atoms with Gasteiger partial charge >= 0.3 is 0 Å². The van der Waals surface area contributed by atoms with Crippen LogP contribution < -0.4 is 0 Å². The minimum absolute atomic E-state index is 0.131. The van der Waals surface area contributed by atoms with E-state index < -0.39 is 6.10 Å². The molecule has 2 nitrogen and oxygen atoms in total. The lowest BCUT2D eigenvalue weighted by atomic mass is 9.65. The molecule has 1 N–H and O–H groups in total. The second kappa shape index (κ2) is 3.41. The van der Waals surface area contributed by atoms with Crippen LogP contribution in [0.3, 0.4) is 0 Å². The van der Waals surface area contributed by atoms with Crippen molar-refractivity contribution < 1.29 is 9.90 Å². The van der Waals surface area contributed by atoms with Crippen molar-refractivity contribution in [2.24, 2.45) is 17.3 Å². The standard InChI is InChI=1S/C11H20O2/c1-7-5-11(3,4)6-9(13)10(7)8(2)12/h7,9-10,13H,5-6H2,1-4H3/t7-,9+,10+/m1/s1. The van der Waals surface area contributed by atoms with Crippen LogP contribution in [0.25, 0.3) is 0 Å². The fraction of sp³-hybridized carbons (Fsp3) is 0.909. The van der Waals surface area contributed by atoms with E-state index in [-0.39, 0.29) is 17.1 Å². The fourth-order valence-corrected chi connectivity index (χ4v) is 2.83. The summed E-state index contributed by atoms with van der Waals surface area (Å²) < 4.78 is 0. The quantitative estimate of drug-likeness (QED) is 0.677. The first-order valence-corrected chi connectivity index (χ1v) is 5.02. The summed E-state index contributed by atoms with van der Waals surface area (Å²) in [7, 11) is 0. The number of carbonyl (C=O) groups excluding carboxylic acids is 1. The van der Waals surface area contributed by atoms with Gasteiger partial charge in [0.15, 0.2) is 0 Å². The fourth-order valence-electron chi connectivity index (χ4n) is 2.83. The van der Waals surface area contributed by atoms with Crippen molar-refractivity contribution in [1.82, 2.24) is 0 Å². The minimum atomic E-state index is -0.434.